The normalized spacial score (nSPS) is 20.3. The largest absolute Gasteiger partial charge is 0.480 e. The number of hydrogen-bond donors (Lipinski definition) is 4. The number of amides is 1. The van der Waals surface area contributed by atoms with Gasteiger partial charge in [-0.1, -0.05) is 0 Å². The second-order valence-corrected chi connectivity index (χ2v) is 9.81. The lowest BCUT2D eigenvalue weighted by Crippen LogP contribution is -2.44. The van der Waals surface area contributed by atoms with Gasteiger partial charge in [0.1, 0.15) is 11.6 Å². The smallest absolute Gasteiger partial charge is 0.408 e. The lowest BCUT2D eigenvalue weighted by molar-refractivity contribution is -0.139. The molecule has 0 aromatic heterocycles. The summed E-state index contributed by atoms with van der Waals surface area (Å²) in [6.45, 7) is 4.97. The summed E-state index contributed by atoms with van der Waals surface area (Å²) in [5, 5.41) is 21.4. The van der Waals surface area contributed by atoms with E-state index in [2.05, 4.69) is 5.32 Å². The van der Waals surface area contributed by atoms with E-state index in [4.69, 9.17) is 14.6 Å². The zero-order valence-electron chi connectivity index (χ0n) is 14.5. The van der Waals surface area contributed by atoms with Crippen LogP contribution in [0, 0.1) is 4.78 Å². The summed E-state index contributed by atoms with van der Waals surface area (Å²) in [7, 11) is -3.01. The molecule has 1 unspecified atom stereocenters. The molecular formula is C15H28N2O6S. The van der Waals surface area contributed by atoms with Crippen molar-refractivity contribution in [3.05, 3.63) is 0 Å². The van der Waals surface area contributed by atoms with E-state index in [1.165, 1.54) is 0 Å². The highest BCUT2D eigenvalue weighted by atomic mass is 32.2. The summed E-state index contributed by atoms with van der Waals surface area (Å²) in [4.78, 5) is 22.9. The van der Waals surface area contributed by atoms with E-state index >= 15 is 0 Å². The van der Waals surface area contributed by atoms with Gasteiger partial charge in [-0.3, -0.25) is 4.78 Å². The predicted octanol–water partition coefficient (Wildman–Crippen LogP) is 1.71. The number of aliphatic carboxylic acids is 1. The van der Waals surface area contributed by atoms with Crippen LogP contribution in [0.5, 0.6) is 0 Å². The Morgan fingerprint density at radius 2 is 1.92 bits per heavy atom. The number of ether oxygens (including phenoxy) is 1. The minimum atomic E-state index is -3.01. The summed E-state index contributed by atoms with van der Waals surface area (Å²) in [6, 6.07) is -1.27. The van der Waals surface area contributed by atoms with E-state index < -0.39 is 39.0 Å². The van der Waals surface area contributed by atoms with Crippen molar-refractivity contribution in [1.29, 1.82) is 4.78 Å². The van der Waals surface area contributed by atoms with Gasteiger partial charge in [-0.15, -0.1) is 0 Å². The van der Waals surface area contributed by atoms with Gasteiger partial charge in [-0.05, 0) is 52.9 Å². The van der Waals surface area contributed by atoms with Crippen molar-refractivity contribution in [2.75, 3.05) is 11.5 Å². The van der Waals surface area contributed by atoms with E-state index in [1.807, 2.05) is 0 Å². The minimum absolute atomic E-state index is 0.0300. The number of carboxylic acid groups (broad SMARTS) is 1. The molecule has 1 aliphatic rings. The fourth-order valence-corrected chi connectivity index (χ4v) is 3.84. The molecule has 0 bridgehead atoms. The monoisotopic (exact) mass is 364 g/mol. The number of hydrogen-bond acceptors (Lipinski definition) is 6. The number of carbonyl (C=O) groups is 2. The number of alkyl carbamates (subject to hydrolysis) is 1. The maximum absolute atomic E-state index is 12.2. The molecule has 8 nitrogen and oxygen atoms in total. The molecule has 1 fully saturated rings. The highest BCUT2D eigenvalue weighted by Gasteiger charge is 2.35. The summed E-state index contributed by atoms with van der Waals surface area (Å²) >= 11 is 0. The summed E-state index contributed by atoms with van der Waals surface area (Å²) in [6.07, 6.45) is 1.52. The summed E-state index contributed by atoms with van der Waals surface area (Å²) in [5.41, 5.74) is -1.57. The molecule has 0 radical (unpaired) electrons. The van der Waals surface area contributed by atoms with Crippen LogP contribution >= 0.6 is 0 Å². The molecule has 4 N–H and O–H groups in total. The van der Waals surface area contributed by atoms with E-state index in [9.17, 15) is 18.9 Å². The zero-order valence-corrected chi connectivity index (χ0v) is 15.3. The topological polar surface area (TPSA) is 137 Å². The van der Waals surface area contributed by atoms with Crippen LogP contribution in [-0.2, 0) is 19.3 Å². The van der Waals surface area contributed by atoms with Crippen LogP contribution in [0.4, 0.5) is 4.79 Å². The Labute approximate surface area is 142 Å². The maximum Gasteiger partial charge on any atom is 0.408 e. The van der Waals surface area contributed by atoms with Crippen molar-refractivity contribution >= 4 is 21.8 Å². The Morgan fingerprint density at radius 3 is 2.33 bits per heavy atom. The molecule has 0 saturated heterocycles. The molecule has 0 aromatic rings. The molecule has 0 aromatic carbocycles. The average molecular weight is 364 g/mol. The summed E-state index contributed by atoms with van der Waals surface area (Å²) in [5.74, 6) is -1.40. The lowest BCUT2D eigenvalue weighted by Gasteiger charge is -2.36. The quantitative estimate of drug-likeness (QED) is 0.517. The van der Waals surface area contributed by atoms with Crippen molar-refractivity contribution in [2.24, 2.45) is 0 Å². The average Bonchev–Trinajstić information content (AvgIpc) is 2.36. The molecule has 9 heteroatoms. The number of aliphatic hydroxyl groups is 1. The third kappa shape index (κ3) is 7.48. The lowest BCUT2D eigenvalue weighted by atomic mass is 9.78. The van der Waals surface area contributed by atoms with Crippen molar-refractivity contribution in [3.63, 3.8) is 0 Å². The molecule has 0 spiro atoms. The van der Waals surface area contributed by atoms with Crippen LogP contribution in [0.15, 0.2) is 0 Å². The second-order valence-electron chi connectivity index (χ2n) is 7.37. The number of carbonyl (C=O) groups excluding carboxylic acids is 1. The molecule has 1 saturated carbocycles. The zero-order chi connectivity index (χ0) is 18.6. The first kappa shape index (κ1) is 20.7. The minimum Gasteiger partial charge on any atom is -0.480 e. The second kappa shape index (κ2) is 7.69. The van der Waals surface area contributed by atoms with E-state index in [1.54, 1.807) is 20.8 Å². The van der Waals surface area contributed by atoms with Crippen LogP contribution in [0.2, 0.25) is 0 Å². The number of rotatable bonds is 8. The van der Waals surface area contributed by atoms with Crippen molar-refractivity contribution < 1.29 is 28.7 Å². The van der Waals surface area contributed by atoms with Crippen LogP contribution in [0.25, 0.3) is 0 Å². The van der Waals surface area contributed by atoms with Gasteiger partial charge < -0.3 is 20.3 Å². The standard InChI is InChI=1S/C15H28N2O6S/c1-14(2,3)23-13(20)17-11(12(18)19)5-9-24(16,22)10-8-15(21)6-4-7-15/h11,16,21H,4-10H2,1-3H3,(H,17,20)(H,18,19)/t11-,24?/m0/s1. The third-order valence-corrected chi connectivity index (χ3v) is 5.67. The van der Waals surface area contributed by atoms with Gasteiger partial charge >= 0.3 is 12.1 Å². The molecule has 140 valence electrons. The Morgan fingerprint density at radius 1 is 1.33 bits per heavy atom. The molecule has 1 rings (SSSR count). The van der Waals surface area contributed by atoms with E-state index in [-0.39, 0.29) is 24.3 Å². The fraction of sp³-hybridized carbons (Fsp3) is 0.867. The summed E-state index contributed by atoms with van der Waals surface area (Å²) < 4.78 is 25.1. The Kier molecular flexibility index (Phi) is 6.63. The van der Waals surface area contributed by atoms with Gasteiger partial charge in [0.25, 0.3) is 0 Å². The Hall–Kier alpha value is -1.35. The van der Waals surface area contributed by atoms with Crippen molar-refractivity contribution in [1.82, 2.24) is 5.32 Å². The maximum atomic E-state index is 12.2. The van der Waals surface area contributed by atoms with Crippen LogP contribution < -0.4 is 5.32 Å². The predicted molar refractivity (Wildman–Crippen MR) is 89.4 cm³/mol. The number of carboxylic acids is 1. The molecular weight excluding hydrogens is 336 g/mol. The van der Waals surface area contributed by atoms with Crippen LogP contribution in [0.3, 0.4) is 0 Å². The van der Waals surface area contributed by atoms with Crippen LogP contribution in [0.1, 0.15) is 52.9 Å². The van der Waals surface area contributed by atoms with Gasteiger partial charge in [0.15, 0.2) is 0 Å². The van der Waals surface area contributed by atoms with Crippen molar-refractivity contribution in [3.8, 4) is 0 Å². The SMILES string of the molecule is CC(C)(C)OC(=O)N[C@@H](CCS(=N)(=O)CCC1(O)CCC1)C(=O)O. The molecule has 2 atom stereocenters. The first-order valence-corrected chi connectivity index (χ1v) is 9.90. The molecule has 24 heavy (non-hydrogen) atoms. The van der Waals surface area contributed by atoms with E-state index in [0.717, 1.165) is 6.42 Å². The van der Waals surface area contributed by atoms with Gasteiger partial charge in [0.2, 0.25) is 0 Å². The van der Waals surface area contributed by atoms with Gasteiger partial charge in [0, 0.05) is 21.2 Å². The molecule has 0 aliphatic heterocycles. The molecule has 1 amide bonds. The molecule has 1 aliphatic carbocycles. The fourth-order valence-electron chi connectivity index (χ4n) is 2.31. The van der Waals surface area contributed by atoms with Gasteiger partial charge in [-0.2, -0.15) is 0 Å². The molecule has 0 heterocycles. The first-order chi connectivity index (χ1) is 10.8. The first-order valence-electron chi connectivity index (χ1n) is 8.01. The van der Waals surface area contributed by atoms with Gasteiger partial charge in [-0.25, -0.2) is 13.8 Å². The highest BCUT2D eigenvalue weighted by Crippen LogP contribution is 2.34. The van der Waals surface area contributed by atoms with Crippen molar-refractivity contribution in [2.45, 2.75) is 70.1 Å². The third-order valence-electron chi connectivity index (χ3n) is 3.91. The van der Waals surface area contributed by atoms with E-state index in [0.29, 0.717) is 12.8 Å². The Balaban J connectivity index is 2.49. The Bertz CT molecular complexity index is 563. The van der Waals surface area contributed by atoms with Gasteiger partial charge in [0.05, 0.1) is 5.60 Å². The highest BCUT2D eigenvalue weighted by molar-refractivity contribution is 7.92. The number of nitrogens with one attached hydrogen (secondary N) is 2. The van der Waals surface area contributed by atoms with Crippen LogP contribution in [-0.4, -0.2) is 55.2 Å².